The molecule has 0 aromatic heterocycles. The van der Waals surface area contributed by atoms with Gasteiger partial charge in [-0.2, -0.15) is 0 Å². The van der Waals surface area contributed by atoms with Gasteiger partial charge in [-0.25, -0.2) is 4.79 Å². The molecule has 0 bridgehead atoms. The summed E-state index contributed by atoms with van der Waals surface area (Å²) in [7, 11) is 0. The van der Waals surface area contributed by atoms with Crippen LogP contribution in [-0.2, 0) is 14.3 Å². The Morgan fingerprint density at radius 1 is 1.50 bits per heavy atom. The zero-order valence-corrected chi connectivity index (χ0v) is 10.8. The Kier molecular flexibility index (Phi) is 5.12. The normalized spacial score (nSPS) is 11.9. The minimum atomic E-state index is -1.11. The summed E-state index contributed by atoms with van der Waals surface area (Å²) < 4.78 is 4.86. The molecule has 0 saturated heterocycles. The Labute approximate surface area is 110 Å². The quantitative estimate of drug-likeness (QED) is 0.860. The minimum Gasteiger partial charge on any atom is -0.479 e. The lowest BCUT2D eigenvalue weighted by Crippen LogP contribution is -2.26. The number of carbonyl (C=O) groups excluding carboxylic acids is 1. The van der Waals surface area contributed by atoms with E-state index in [2.05, 4.69) is 5.32 Å². The highest BCUT2D eigenvalue weighted by molar-refractivity contribution is 6.31. The molecule has 0 aliphatic carbocycles. The zero-order chi connectivity index (χ0) is 13.7. The third-order valence-electron chi connectivity index (χ3n) is 2.35. The van der Waals surface area contributed by atoms with Crippen LogP contribution in [0.5, 0.6) is 0 Å². The van der Waals surface area contributed by atoms with Crippen LogP contribution in [0.15, 0.2) is 18.2 Å². The second kappa shape index (κ2) is 6.37. The smallest absolute Gasteiger partial charge is 0.332 e. The maximum atomic E-state index is 11.5. The van der Waals surface area contributed by atoms with Crippen LogP contribution >= 0.6 is 11.6 Å². The summed E-state index contributed by atoms with van der Waals surface area (Å²) in [5.41, 5.74) is 1.33. The molecule has 0 unspecified atom stereocenters. The van der Waals surface area contributed by atoms with Gasteiger partial charge in [-0.15, -0.1) is 0 Å². The van der Waals surface area contributed by atoms with Gasteiger partial charge in [0.1, 0.15) is 6.61 Å². The van der Waals surface area contributed by atoms with Crippen molar-refractivity contribution in [2.45, 2.75) is 20.0 Å². The number of hydrogen-bond acceptors (Lipinski definition) is 3. The van der Waals surface area contributed by atoms with E-state index in [-0.39, 0.29) is 6.61 Å². The van der Waals surface area contributed by atoms with Crippen molar-refractivity contribution in [3.8, 4) is 0 Å². The van der Waals surface area contributed by atoms with Gasteiger partial charge in [-0.1, -0.05) is 17.7 Å². The summed E-state index contributed by atoms with van der Waals surface area (Å²) in [6.45, 7) is 2.82. The van der Waals surface area contributed by atoms with E-state index in [0.29, 0.717) is 10.7 Å². The molecule has 6 heteroatoms. The highest BCUT2D eigenvalue weighted by Crippen LogP contribution is 2.22. The van der Waals surface area contributed by atoms with Crippen LogP contribution in [0.2, 0.25) is 5.02 Å². The van der Waals surface area contributed by atoms with Crippen molar-refractivity contribution in [1.82, 2.24) is 0 Å². The monoisotopic (exact) mass is 271 g/mol. The Balaban J connectivity index is 2.55. The predicted octanol–water partition coefficient (Wildman–Crippen LogP) is 2.08. The lowest BCUT2D eigenvalue weighted by molar-refractivity contribution is -0.150. The third-order valence-corrected chi connectivity index (χ3v) is 2.76. The largest absolute Gasteiger partial charge is 0.479 e. The molecule has 0 spiro atoms. The van der Waals surface area contributed by atoms with Crippen molar-refractivity contribution >= 4 is 29.2 Å². The topological polar surface area (TPSA) is 75.6 Å². The second-order valence-electron chi connectivity index (χ2n) is 3.75. The summed E-state index contributed by atoms with van der Waals surface area (Å²) in [4.78, 5) is 22.0. The molecule has 0 aliphatic heterocycles. The molecule has 1 atom stereocenters. The number of benzene rings is 1. The first-order valence-electron chi connectivity index (χ1n) is 5.31. The van der Waals surface area contributed by atoms with E-state index in [9.17, 15) is 9.59 Å². The van der Waals surface area contributed by atoms with Crippen molar-refractivity contribution in [2.75, 3.05) is 11.9 Å². The maximum Gasteiger partial charge on any atom is 0.332 e. The number of aliphatic carboxylic acids is 1. The van der Waals surface area contributed by atoms with Crippen molar-refractivity contribution in [2.24, 2.45) is 0 Å². The van der Waals surface area contributed by atoms with E-state index in [0.717, 1.165) is 5.56 Å². The van der Waals surface area contributed by atoms with Crippen LogP contribution in [0.1, 0.15) is 12.5 Å². The summed E-state index contributed by atoms with van der Waals surface area (Å²) in [6.07, 6.45) is -1.02. The summed E-state index contributed by atoms with van der Waals surface area (Å²) >= 11 is 5.91. The highest BCUT2D eigenvalue weighted by atomic mass is 35.5. The number of carboxylic acid groups (broad SMARTS) is 1. The number of hydrogen-bond donors (Lipinski definition) is 2. The van der Waals surface area contributed by atoms with Gasteiger partial charge in [0.15, 0.2) is 6.10 Å². The molecule has 0 heterocycles. The zero-order valence-electron chi connectivity index (χ0n) is 10.1. The van der Waals surface area contributed by atoms with Gasteiger partial charge in [0, 0.05) is 10.7 Å². The minimum absolute atomic E-state index is 0.320. The summed E-state index contributed by atoms with van der Waals surface area (Å²) in [5.74, 6) is -1.53. The fourth-order valence-corrected chi connectivity index (χ4v) is 1.38. The molecule has 2 N–H and O–H groups in total. The number of rotatable bonds is 5. The molecule has 5 nitrogen and oxygen atoms in total. The van der Waals surface area contributed by atoms with Crippen molar-refractivity contribution in [1.29, 1.82) is 0 Å². The van der Waals surface area contributed by atoms with E-state index in [1.807, 2.05) is 0 Å². The number of carbonyl (C=O) groups is 2. The number of anilines is 1. The lowest BCUT2D eigenvalue weighted by atomic mass is 10.2. The molecular formula is C12H14ClNO4. The van der Waals surface area contributed by atoms with Crippen LogP contribution in [0.25, 0.3) is 0 Å². The molecule has 1 aromatic carbocycles. The number of carboxylic acids is 1. The predicted molar refractivity (Wildman–Crippen MR) is 67.9 cm³/mol. The van der Waals surface area contributed by atoms with Gasteiger partial charge >= 0.3 is 5.97 Å². The first-order chi connectivity index (χ1) is 8.41. The molecule has 0 aliphatic rings. The molecule has 0 radical (unpaired) electrons. The van der Waals surface area contributed by atoms with E-state index >= 15 is 0 Å². The van der Waals surface area contributed by atoms with E-state index in [1.165, 1.54) is 6.92 Å². The number of halogens is 1. The fraction of sp³-hybridized carbons (Fsp3) is 0.333. The molecule has 98 valence electrons. The number of nitrogens with one attached hydrogen (secondary N) is 1. The molecule has 1 aromatic rings. The van der Waals surface area contributed by atoms with Crippen LogP contribution in [0.4, 0.5) is 5.69 Å². The van der Waals surface area contributed by atoms with E-state index in [4.69, 9.17) is 21.4 Å². The highest BCUT2D eigenvalue weighted by Gasteiger charge is 2.13. The first kappa shape index (κ1) is 14.5. The van der Waals surface area contributed by atoms with E-state index in [1.54, 1.807) is 25.1 Å². The maximum absolute atomic E-state index is 11.5. The average Bonchev–Trinajstić information content (AvgIpc) is 2.32. The van der Waals surface area contributed by atoms with Gasteiger partial charge in [0.2, 0.25) is 5.91 Å². The Bertz CT molecular complexity index is 461. The average molecular weight is 272 g/mol. The standard InChI is InChI=1S/C12H14ClNO4/c1-7-9(13)4-3-5-10(7)14-11(15)6-18-8(2)12(16)17/h3-5,8H,6H2,1-2H3,(H,14,15)(H,16,17)/t8-/m0/s1. The van der Waals surface area contributed by atoms with Crippen molar-refractivity contribution < 1.29 is 19.4 Å². The van der Waals surface area contributed by atoms with Gasteiger partial charge < -0.3 is 15.2 Å². The Morgan fingerprint density at radius 3 is 2.78 bits per heavy atom. The molecule has 0 fully saturated rings. The summed E-state index contributed by atoms with van der Waals surface area (Å²) in [5, 5.41) is 11.7. The van der Waals surface area contributed by atoms with E-state index < -0.39 is 18.0 Å². The summed E-state index contributed by atoms with van der Waals surface area (Å²) in [6, 6.07) is 5.14. The fourth-order valence-electron chi connectivity index (χ4n) is 1.20. The number of amides is 1. The van der Waals surface area contributed by atoms with Crippen LogP contribution in [0, 0.1) is 6.92 Å². The first-order valence-corrected chi connectivity index (χ1v) is 5.69. The molecule has 1 rings (SSSR count). The van der Waals surface area contributed by atoms with Crippen LogP contribution < -0.4 is 5.32 Å². The number of ether oxygens (including phenoxy) is 1. The SMILES string of the molecule is Cc1c(Cl)cccc1NC(=O)CO[C@@H](C)C(=O)O. The van der Waals surface area contributed by atoms with Crippen molar-refractivity contribution in [3.05, 3.63) is 28.8 Å². The lowest BCUT2D eigenvalue weighted by Gasteiger charge is -2.11. The van der Waals surface area contributed by atoms with Gasteiger partial charge in [-0.3, -0.25) is 4.79 Å². The molecule has 0 saturated carbocycles. The molecule has 18 heavy (non-hydrogen) atoms. The van der Waals surface area contributed by atoms with Gasteiger partial charge in [-0.05, 0) is 31.5 Å². The second-order valence-corrected chi connectivity index (χ2v) is 4.16. The van der Waals surface area contributed by atoms with Gasteiger partial charge in [0.25, 0.3) is 0 Å². The third kappa shape index (κ3) is 4.01. The van der Waals surface area contributed by atoms with Crippen molar-refractivity contribution in [3.63, 3.8) is 0 Å². The Hall–Kier alpha value is -1.59. The van der Waals surface area contributed by atoms with Crippen LogP contribution in [0.3, 0.4) is 0 Å². The molecular weight excluding hydrogens is 258 g/mol. The molecule has 1 amide bonds. The Morgan fingerprint density at radius 2 is 2.17 bits per heavy atom. The van der Waals surface area contributed by atoms with Crippen LogP contribution in [-0.4, -0.2) is 29.7 Å². The van der Waals surface area contributed by atoms with Gasteiger partial charge in [0.05, 0.1) is 0 Å².